The smallest absolute Gasteiger partial charge is 0.281 e. The average Bonchev–Trinajstić information content (AvgIpc) is 2.72. The van der Waals surface area contributed by atoms with Crippen molar-refractivity contribution in [1.82, 2.24) is 18.5 Å². The quantitative estimate of drug-likeness (QED) is 0.719. The van der Waals surface area contributed by atoms with Gasteiger partial charge in [-0.2, -0.15) is 17.0 Å². The van der Waals surface area contributed by atoms with Crippen LogP contribution in [0.5, 0.6) is 0 Å². The van der Waals surface area contributed by atoms with Crippen molar-refractivity contribution in [2.45, 2.75) is 57.0 Å². The molecule has 1 aliphatic carbocycles. The minimum Gasteiger partial charge on any atom is -0.331 e. The van der Waals surface area contributed by atoms with Crippen molar-refractivity contribution in [1.29, 1.82) is 0 Å². The third-order valence-electron chi connectivity index (χ3n) is 6.83. The van der Waals surface area contributed by atoms with E-state index in [1.807, 2.05) is 12.1 Å². The Morgan fingerprint density at radius 3 is 2.25 bits per heavy atom. The fraction of sp³-hybridized carbons (Fsp3) is 0.700. The minimum absolute atomic E-state index is 0.102. The van der Waals surface area contributed by atoms with Crippen LogP contribution in [0, 0.1) is 5.41 Å². The third kappa shape index (κ3) is 3.06. The molecule has 0 bridgehead atoms. The van der Waals surface area contributed by atoms with Crippen molar-refractivity contribution in [3.05, 3.63) is 30.1 Å². The van der Waals surface area contributed by atoms with E-state index in [1.165, 1.54) is 20.6 Å². The van der Waals surface area contributed by atoms with Crippen LogP contribution in [0.25, 0.3) is 0 Å². The number of β-lactam (4-membered cyclic amide) rings is 1. The highest BCUT2D eigenvalue weighted by atomic mass is 32.2. The molecule has 1 saturated carbocycles. The molecule has 4 rings (SSSR count). The molecule has 0 aromatic carbocycles. The SMILES string of the molecule is CN(C)S(=O)(=O)N1CCC(N2C(=O)C3(CCCCC3)C2c2ccncc2)CC1. The van der Waals surface area contributed by atoms with Crippen LogP contribution < -0.4 is 0 Å². The predicted octanol–water partition coefficient (Wildman–Crippen LogP) is 2.19. The lowest BCUT2D eigenvalue weighted by atomic mass is 9.59. The first-order valence-electron chi connectivity index (χ1n) is 10.3. The molecule has 0 radical (unpaired) electrons. The normalized spacial score (nSPS) is 26.6. The van der Waals surface area contributed by atoms with E-state index in [1.54, 1.807) is 26.5 Å². The summed E-state index contributed by atoms with van der Waals surface area (Å²) in [6, 6.07) is 4.27. The summed E-state index contributed by atoms with van der Waals surface area (Å²) in [5.74, 6) is 0.280. The lowest BCUT2D eigenvalue weighted by Gasteiger charge is -2.61. The molecule has 8 heteroatoms. The summed E-state index contributed by atoms with van der Waals surface area (Å²) in [5.41, 5.74) is 0.909. The summed E-state index contributed by atoms with van der Waals surface area (Å²) < 4.78 is 27.6. The zero-order valence-electron chi connectivity index (χ0n) is 16.7. The van der Waals surface area contributed by atoms with Gasteiger partial charge in [-0.3, -0.25) is 9.78 Å². The van der Waals surface area contributed by atoms with Gasteiger partial charge in [0.2, 0.25) is 5.91 Å². The van der Waals surface area contributed by atoms with Crippen molar-refractivity contribution in [3.63, 3.8) is 0 Å². The van der Waals surface area contributed by atoms with Crippen LogP contribution >= 0.6 is 0 Å². The van der Waals surface area contributed by atoms with Crippen molar-refractivity contribution in [2.75, 3.05) is 27.2 Å². The van der Waals surface area contributed by atoms with Crippen molar-refractivity contribution >= 4 is 16.1 Å². The number of rotatable bonds is 4. The molecule has 1 spiro atoms. The van der Waals surface area contributed by atoms with Gasteiger partial charge in [-0.25, -0.2) is 0 Å². The molecule has 1 aromatic heterocycles. The van der Waals surface area contributed by atoms with Crippen LogP contribution in [-0.2, 0) is 15.0 Å². The van der Waals surface area contributed by atoms with Gasteiger partial charge in [-0.05, 0) is 43.4 Å². The number of piperidine rings is 1. The lowest BCUT2D eigenvalue weighted by Crippen LogP contribution is -2.68. The summed E-state index contributed by atoms with van der Waals surface area (Å²) in [6.45, 7) is 0.927. The number of amides is 1. The summed E-state index contributed by atoms with van der Waals surface area (Å²) >= 11 is 0. The monoisotopic (exact) mass is 406 g/mol. The van der Waals surface area contributed by atoms with Gasteiger partial charge >= 0.3 is 0 Å². The van der Waals surface area contributed by atoms with Crippen LogP contribution in [0.4, 0.5) is 0 Å². The molecule has 1 amide bonds. The van der Waals surface area contributed by atoms with Gasteiger partial charge in [0.15, 0.2) is 0 Å². The lowest BCUT2D eigenvalue weighted by molar-refractivity contribution is -0.186. The molecule has 3 heterocycles. The van der Waals surface area contributed by atoms with Crippen LogP contribution in [0.1, 0.15) is 56.6 Å². The number of carbonyl (C=O) groups is 1. The fourth-order valence-corrected chi connectivity index (χ4v) is 6.48. The second-order valence-corrected chi connectivity index (χ2v) is 10.7. The molecule has 1 aromatic rings. The summed E-state index contributed by atoms with van der Waals surface area (Å²) in [7, 11) is -0.265. The second kappa shape index (κ2) is 7.39. The maximum absolute atomic E-state index is 13.4. The van der Waals surface area contributed by atoms with Crippen LogP contribution in [-0.4, -0.2) is 66.0 Å². The Hall–Kier alpha value is -1.51. The maximum atomic E-state index is 13.4. The molecule has 1 unspecified atom stereocenters. The van der Waals surface area contributed by atoms with Crippen molar-refractivity contribution in [2.24, 2.45) is 5.41 Å². The number of carbonyl (C=O) groups excluding carboxylic acids is 1. The molecule has 2 aliphatic heterocycles. The number of hydrogen-bond acceptors (Lipinski definition) is 4. The Morgan fingerprint density at radius 2 is 1.68 bits per heavy atom. The van der Waals surface area contributed by atoms with E-state index in [4.69, 9.17) is 0 Å². The molecule has 28 heavy (non-hydrogen) atoms. The fourth-order valence-electron chi connectivity index (χ4n) is 5.35. The van der Waals surface area contributed by atoms with Gasteiger partial charge < -0.3 is 4.90 Å². The molecule has 0 N–H and O–H groups in total. The topological polar surface area (TPSA) is 73.8 Å². The van der Waals surface area contributed by atoms with E-state index in [9.17, 15) is 13.2 Å². The Bertz CT molecular complexity index is 813. The van der Waals surface area contributed by atoms with Gasteiger partial charge in [0.05, 0.1) is 11.5 Å². The van der Waals surface area contributed by atoms with E-state index >= 15 is 0 Å². The Morgan fingerprint density at radius 1 is 1.07 bits per heavy atom. The van der Waals surface area contributed by atoms with E-state index in [0.29, 0.717) is 25.9 Å². The first-order chi connectivity index (χ1) is 13.4. The van der Waals surface area contributed by atoms with Gasteiger partial charge in [0, 0.05) is 45.6 Å². The highest BCUT2D eigenvalue weighted by Gasteiger charge is 2.62. The zero-order chi connectivity index (χ0) is 19.9. The molecule has 1 atom stereocenters. The van der Waals surface area contributed by atoms with Crippen LogP contribution in [0.15, 0.2) is 24.5 Å². The zero-order valence-corrected chi connectivity index (χ0v) is 17.6. The van der Waals surface area contributed by atoms with Gasteiger partial charge in [0.25, 0.3) is 10.2 Å². The summed E-state index contributed by atoms with van der Waals surface area (Å²) in [4.78, 5) is 19.6. The first-order valence-corrected chi connectivity index (χ1v) is 11.7. The molecule has 3 aliphatic rings. The standard InChI is InChI=1S/C20H30N4O3S/c1-22(2)28(26,27)23-14-8-17(9-15-23)24-18(16-6-12-21-13-7-16)20(19(24)25)10-4-3-5-11-20/h6-7,12-13,17-18H,3-5,8-11,14-15H2,1-2H3. The first kappa shape index (κ1) is 19.8. The summed E-state index contributed by atoms with van der Waals surface area (Å²) in [6.07, 6.45) is 10.3. The van der Waals surface area contributed by atoms with E-state index in [-0.39, 0.29) is 23.4 Å². The highest BCUT2D eigenvalue weighted by Crippen LogP contribution is 2.59. The number of nitrogens with zero attached hydrogens (tertiary/aromatic N) is 4. The largest absolute Gasteiger partial charge is 0.331 e. The van der Waals surface area contributed by atoms with Crippen molar-refractivity contribution in [3.8, 4) is 0 Å². The maximum Gasteiger partial charge on any atom is 0.281 e. The molecular formula is C20H30N4O3S. The highest BCUT2D eigenvalue weighted by molar-refractivity contribution is 7.86. The Labute approximate surface area is 167 Å². The third-order valence-corrected chi connectivity index (χ3v) is 8.77. The number of hydrogen-bond donors (Lipinski definition) is 0. The molecule has 3 fully saturated rings. The van der Waals surface area contributed by atoms with Crippen molar-refractivity contribution < 1.29 is 13.2 Å². The molecule has 2 saturated heterocycles. The van der Waals surface area contributed by atoms with E-state index in [0.717, 1.165) is 25.7 Å². The Balaban J connectivity index is 1.55. The number of pyridine rings is 1. The second-order valence-electron chi connectivity index (χ2n) is 8.53. The molecular weight excluding hydrogens is 376 g/mol. The Kier molecular flexibility index (Phi) is 5.22. The van der Waals surface area contributed by atoms with E-state index in [2.05, 4.69) is 9.88 Å². The average molecular weight is 407 g/mol. The number of aromatic nitrogens is 1. The summed E-state index contributed by atoms with van der Waals surface area (Å²) in [5, 5.41) is 0. The van der Waals surface area contributed by atoms with Gasteiger partial charge in [-0.1, -0.05) is 19.3 Å². The van der Waals surface area contributed by atoms with Crippen LogP contribution in [0.2, 0.25) is 0 Å². The van der Waals surface area contributed by atoms with Gasteiger partial charge in [0.1, 0.15) is 0 Å². The minimum atomic E-state index is -3.39. The molecule has 7 nitrogen and oxygen atoms in total. The number of likely N-dealkylation sites (tertiary alicyclic amines) is 1. The van der Waals surface area contributed by atoms with E-state index < -0.39 is 10.2 Å². The van der Waals surface area contributed by atoms with Crippen LogP contribution in [0.3, 0.4) is 0 Å². The van der Waals surface area contributed by atoms with Gasteiger partial charge in [-0.15, -0.1) is 0 Å². The predicted molar refractivity (Wildman–Crippen MR) is 107 cm³/mol. The molecule has 154 valence electrons.